The van der Waals surface area contributed by atoms with Crippen LogP contribution in [-0.4, -0.2) is 35.8 Å². The van der Waals surface area contributed by atoms with Crippen molar-refractivity contribution in [3.05, 3.63) is 36.0 Å². The van der Waals surface area contributed by atoms with E-state index in [1.165, 1.54) is 32.1 Å². The highest BCUT2D eigenvalue weighted by Gasteiger charge is 2.18. The number of ketones is 1. The third-order valence-electron chi connectivity index (χ3n) is 4.60. The van der Waals surface area contributed by atoms with Crippen molar-refractivity contribution in [2.75, 3.05) is 20.1 Å². The Kier molecular flexibility index (Phi) is 4.39. The number of nitrogens with one attached hydrogen (secondary N) is 1. The number of H-pyrrole nitrogens is 1. The molecule has 0 aliphatic heterocycles. The predicted octanol–water partition coefficient (Wildman–Crippen LogP) is 3.86. The van der Waals surface area contributed by atoms with Crippen LogP contribution in [0.3, 0.4) is 0 Å². The zero-order valence-electron chi connectivity index (χ0n) is 12.8. The van der Waals surface area contributed by atoms with Crippen LogP contribution in [0, 0.1) is 5.92 Å². The summed E-state index contributed by atoms with van der Waals surface area (Å²) in [5, 5.41) is 1.04. The molecule has 0 unspecified atom stereocenters. The fourth-order valence-electron chi connectivity index (χ4n) is 3.51. The number of Topliss-reactive ketones (excluding diaryl/α,β-unsaturated/α-hetero) is 1. The van der Waals surface area contributed by atoms with Crippen molar-refractivity contribution in [3.8, 4) is 0 Å². The Morgan fingerprint density at radius 1 is 1.24 bits per heavy atom. The molecule has 1 N–H and O–H groups in total. The van der Waals surface area contributed by atoms with E-state index in [4.69, 9.17) is 0 Å². The van der Waals surface area contributed by atoms with Crippen molar-refractivity contribution in [2.24, 2.45) is 5.92 Å². The average molecular weight is 284 g/mol. The van der Waals surface area contributed by atoms with Gasteiger partial charge in [0.1, 0.15) is 0 Å². The van der Waals surface area contributed by atoms with Gasteiger partial charge < -0.3 is 4.98 Å². The first-order valence-corrected chi connectivity index (χ1v) is 8.02. The minimum atomic E-state index is 0.214. The summed E-state index contributed by atoms with van der Waals surface area (Å²) in [6.45, 7) is 1.56. The van der Waals surface area contributed by atoms with E-state index in [0.29, 0.717) is 6.54 Å². The first kappa shape index (κ1) is 14.3. The zero-order chi connectivity index (χ0) is 14.7. The van der Waals surface area contributed by atoms with Crippen molar-refractivity contribution >= 4 is 16.7 Å². The number of aromatic nitrogens is 1. The molecule has 3 rings (SSSR count). The number of carbonyl (C=O) groups is 1. The molecule has 0 amide bonds. The first-order valence-electron chi connectivity index (χ1n) is 8.02. The van der Waals surface area contributed by atoms with Crippen molar-refractivity contribution in [3.63, 3.8) is 0 Å². The highest BCUT2D eigenvalue weighted by atomic mass is 16.1. The summed E-state index contributed by atoms with van der Waals surface area (Å²) in [7, 11) is 2.07. The van der Waals surface area contributed by atoms with Crippen LogP contribution in [0.25, 0.3) is 10.9 Å². The standard InChI is InChI=1S/C18H24N2O/c1-20(12-14-7-3-2-4-8-14)13-18(21)16-11-19-17-10-6-5-9-15(16)17/h5-6,9-11,14,19H,2-4,7-8,12-13H2,1H3. The quantitative estimate of drug-likeness (QED) is 0.846. The molecule has 3 nitrogen and oxygen atoms in total. The first-order chi connectivity index (χ1) is 10.2. The van der Waals surface area contributed by atoms with E-state index in [2.05, 4.69) is 16.9 Å². The Hall–Kier alpha value is -1.61. The van der Waals surface area contributed by atoms with Crippen molar-refractivity contribution < 1.29 is 4.79 Å². The third kappa shape index (κ3) is 3.35. The molecule has 3 heteroatoms. The smallest absolute Gasteiger partial charge is 0.178 e. The van der Waals surface area contributed by atoms with E-state index in [-0.39, 0.29) is 5.78 Å². The van der Waals surface area contributed by atoms with Gasteiger partial charge in [0.2, 0.25) is 0 Å². The lowest BCUT2D eigenvalue weighted by Gasteiger charge is -2.26. The lowest BCUT2D eigenvalue weighted by atomic mass is 9.89. The minimum Gasteiger partial charge on any atom is -0.360 e. The van der Waals surface area contributed by atoms with E-state index in [1.807, 2.05) is 30.5 Å². The predicted molar refractivity (Wildman–Crippen MR) is 86.7 cm³/mol. The molecule has 1 aromatic heterocycles. The van der Waals surface area contributed by atoms with Crippen LogP contribution in [0.2, 0.25) is 0 Å². The van der Waals surface area contributed by atoms with Gasteiger partial charge in [-0.15, -0.1) is 0 Å². The van der Waals surface area contributed by atoms with E-state index in [0.717, 1.165) is 28.9 Å². The van der Waals surface area contributed by atoms with Gasteiger partial charge in [-0.05, 0) is 31.9 Å². The highest BCUT2D eigenvalue weighted by Crippen LogP contribution is 2.24. The zero-order valence-corrected chi connectivity index (χ0v) is 12.8. The van der Waals surface area contributed by atoms with E-state index in [1.54, 1.807) is 0 Å². The number of carbonyl (C=O) groups excluding carboxylic acids is 1. The van der Waals surface area contributed by atoms with Crippen molar-refractivity contribution in [2.45, 2.75) is 32.1 Å². The minimum absolute atomic E-state index is 0.214. The molecule has 21 heavy (non-hydrogen) atoms. The van der Waals surface area contributed by atoms with Gasteiger partial charge in [0, 0.05) is 29.2 Å². The van der Waals surface area contributed by atoms with Gasteiger partial charge in [0.15, 0.2) is 5.78 Å². The number of hydrogen-bond donors (Lipinski definition) is 1. The van der Waals surface area contributed by atoms with Crippen LogP contribution in [0.1, 0.15) is 42.5 Å². The van der Waals surface area contributed by atoms with E-state index in [9.17, 15) is 4.79 Å². The monoisotopic (exact) mass is 284 g/mol. The van der Waals surface area contributed by atoms with Gasteiger partial charge in [-0.2, -0.15) is 0 Å². The van der Waals surface area contributed by atoms with Gasteiger partial charge in [-0.25, -0.2) is 0 Å². The van der Waals surface area contributed by atoms with Crippen LogP contribution in [0.4, 0.5) is 0 Å². The second-order valence-electron chi connectivity index (χ2n) is 6.37. The van der Waals surface area contributed by atoms with Crippen LogP contribution >= 0.6 is 0 Å². The lowest BCUT2D eigenvalue weighted by molar-refractivity contribution is 0.0934. The number of hydrogen-bond acceptors (Lipinski definition) is 2. The summed E-state index contributed by atoms with van der Waals surface area (Å²) in [5.74, 6) is 0.991. The number of aromatic amines is 1. The molecule has 1 fully saturated rings. The summed E-state index contributed by atoms with van der Waals surface area (Å²) in [6, 6.07) is 8.00. The summed E-state index contributed by atoms with van der Waals surface area (Å²) in [5.41, 5.74) is 1.86. The maximum Gasteiger partial charge on any atom is 0.178 e. The molecule has 0 atom stereocenters. The molecule has 0 bridgehead atoms. The molecule has 0 spiro atoms. The Bertz CT molecular complexity index is 610. The van der Waals surface area contributed by atoms with Crippen LogP contribution in [0.15, 0.2) is 30.5 Å². The van der Waals surface area contributed by atoms with Gasteiger partial charge in [-0.1, -0.05) is 37.5 Å². The highest BCUT2D eigenvalue weighted by molar-refractivity contribution is 6.08. The summed E-state index contributed by atoms with van der Waals surface area (Å²) in [6.07, 6.45) is 8.59. The van der Waals surface area contributed by atoms with E-state index < -0.39 is 0 Å². The Morgan fingerprint density at radius 2 is 2.00 bits per heavy atom. The molecule has 1 aromatic carbocycles. The van der Waals surface area contributed by atoms with Gasteiger partial charge >= 0.3 is 0 Å². The number of fused-ring (bicyclic) bond motifs is 1. The number of rotatable bonds is 5. The molecule has 0 saturated heterocycles. The number of nitrogens with zero attached hydrogens (tertiary/aromatic N) is 1. The maximum absolute atomic E-state index is 12.5. The van der Waals surface area contributed by atoms with Gasteiger partial charge in [-0.3, -0.25) is 9.69 Å². The van der Waals surface area contributed by atoms with Crippen molar-refractivity contribution in [1.29, 1.82) is 0 Å². The molecule has 1 aliphatic carbocycles. The van der Waals surface area contributed by atoms with Gasteiger partial charge in [0.25, 0.3) is 0 Å². The molecule has 0 radical (unpaired) electrons. The summed E-state index contributed by atoms with van der Waals surface area (Å²) < 4.78 is 0. The Morgan fingerprint density at radius 3 is 2.81 bits per heavy atom. The Balaban J connectivity index is 1.62. The fourth-order valence-corrected chi connectivity index (χ4v) is 3.51. The normalized spacial score (nSPS) is 16.7. The lowest BCUT2D eigenvalue weighted by Crippen LogP contribution is -2.31. The van der Waals surface area contributed by atoms with Crippen LogP contribution in [-0.2, 0) is 0 Å². The summed E-state index contributed by atoms with van der Waals surface area (Å²) >= 11 is 0. The molecule has 1 heterocycles. The molecule has 1 saturated carbocycles. The van der Waals surface area contributed by atoms with Crippen molar-refractivity contribution in [1.82, 2.24) is 9.88 Å². The molecular weight excluding hydrogens is 260 g/mol. The molecular formula is C18H24N2O. The Labute approximate surface area is 126 Å². The van der Waals surface area contributed by atoms with Crippen LogP contribution < -0.4 is 0 Å². The SMILES string of the molecule is CN(CC(=O)c1c[nH]c2ccccc12)CC1CCCCC1. The largest absolute Gasteiger partial charge is 0.360 e. The number of likely N-dealkylation sites (N-methyl/N-ethyl adjacent to an activating group) is 1. The topological polar surface area (TPSA) is 36.1 Å². The van der Waals surface area contributed by atoms with Crippen LogP contribution in [0.5, 0.6) is 0 Å². The number of benzene rings is 1. The molecule has 112 valence electrons. The second-order valence-corrected chi connectivity index (χ2v) is 6.37. The third-order valence-corrected chi connectivity index (χ3v) is 4.60. The molecule has 1 aliphatic rings. The number of para-hydroxylation sites is 1. The fraction of sp³-hybridized carbons (Fsp3) is 0.500. The van der Waals surface area contributed by atoms with Gasteiger partial charge in [0.05, 0.1) is 6.54 Å². The molecule has 2 aromatic rings. The second kappa shape index (κ2) is 6.44. The average Bonchev–Trinajstić information content (AvgIpc) is 2.92. The maximum atomic E-state index is 12.5. The summed E-state index contributed by atoms with van der Waals surface area (Å²) in [4.78, 5) is 17.9. The van der Waals surface area contributed by atoms with E-state index >= 15 is 0 Å².